The molecule has 0 unspecified atom stereocenters. The van der Waals surface area contributed by atoms with Gasteiger partial charge in [-0.2, -0.15) is 5.10 Å². The summed E-state index contributed by atoms with van der Waals surface area (Å²) < 4.78 is 15.8. The van der Waals surface area contributed by atoms with Crippen molar-refractivity contribution in [2.45, 2.75) is 84.0 Å². The van der Waals surface area contributed by atoms with E-state index in [2.05, 4.69) is 22.8 Å². The van der Waals surface area contributed by atoms with Gasteiger partial charge >= 0.3 is 0 Å². The number of carbonyl (C=O) groups excluding carboxylic acids is 2. The molecular weight excluding hydrogens is 434 g/mol. The van der Waals surface area contributed by atoms with E-state index in [-0.39, 0.29) is 12.5 Å². The van der Waals surface area contributed by atoms with Crippen LogP contribution >= 0.6 is 0 Å². The lowest BCUT2D eigenvalue weighted by Crippen LogP contribution is -2.34. The molecule has 0 fully saturated rings. The third-order valence-electron chi connectivity index (χ3n) is 5.58. The maximum atomic E-state index is 12.0. The molecule has 8 nitrogen and oxygen atoms in total. The van der Waals surface area contributed by atoms with Crippen molar-refractivity contribution in [2.24, 2.45) is 5.10 Å². The van der Waals surface area contributed by atoms with Crippen LogP contribution in [0.1, 0.15) is 89.5 Å². The minimum absolute atomic E-state index is 0.114. The van der Waals surface area contributed by atoms with Gasteiger partial charge in [0.1, 0.15) is 5.75 Å². The molecule has 1 aromatic carbocycles. The van der Waals surface area contributed by atoms with Crippen molar-refractivity contribution >= 4 is 18.0 Å². The number of hydrazone groups is 1. The smallest absolute Gasteiger partial charge is 0.259 e. The van der Waals surface area contributed by atoms with Crippen LogP contribution in [0.25, 0.3) is 0 Å². The summed E-state index contributed by atoms with van der Waals surface area (Å²) in [4.78, 5) is 23.9. The Morgan fingerprint density at radius 3 is 1.85 bits per heavy atom. The molecule has 0 radical (unpaired) electrons. The van der Waals surface area contributed by atoms with E-state index in [1.807, 2.05) is 0 Å². The molecule has 0 spiro atoms. The molecule has 0 aliphatic heterocycles. The molecule has 1 aromatic rings. The standard InChI is InChI=1S/C26H43N3O5/c1-5-6-7-8-9-10-11-12-13-14-15-16-25(30)27-20-26(31)29-28-19-21-17-23(33-3)24(34-4)18-22(21)32-2/h17-19H,5-16,20H2,1-4H3,(H,27,30)(H,29,31). The van der Waals surface area contributed by atoms with Crippen molar-refractivity contribution in [3.8, 4) is 17.2 Å². The van der Waals surface area contributed by atoms with Crippen molar-refractivity contribution in [3.63, 3.8) is 0 Å². The zero-order valence-electron chi connectivity index (χ0n) is 21.4. The van der Waals surface area contributed by atoms with E-state index >= 15 is 0 Å². The first-order valence-electron chi connectivity index (χ1n) is 12.4. The fourth-order valence-electron chi connectivity index (χ4n) is 3.58. The van der Waals surface area contributed by atoms with Crippen LogP contribution in [0, 0.1) is 0 Å². The van der Waals surface area contributed by atoms with Gasteiger partial charge in [-0.15, -0.1) is 0 Å². The molecule has 0 atom stereocenters. The highest BCUT2D eigenvalue weighted by molar-refractivity contribution is 5.88. The normalized spacial score (nSPS) is 10.8. The van der Waals surface area contributed by atoms with Crippen LogP contribution in [-0.2, 0) is 9.59 Å². The Morgan fingerprint density at radius 1 is 0.765 bits per heavy atom. The van der Waals surface area contributed by atoms with Crippen LogP contribution in [0.15, 0.2) is 17.2 Å². The number of hydrogen-bond acceptors (Lipinski definition) is 6. The fourth-order valence-corrected chi connectivity index (χ4v) is 3.58. The highest BCUT2D eigenvalue weighted by Gasteiger charge is 2.11. The maximum absolute atomic E-state index is 12.0. The van der Waals surface area contributed by atoms with Gasteiger partial charge in [0.2, 0.25) is 5.91 Å². The van der Waals surface area contributed by atoms with Gasteiger partial charge in [0.05, 0.1) is 34.1 Å². The Morgan fingerprint density at radius 2 is 1.29 bits per heavy atom. The molecule has 0 aliphatic rings. The van der Waals surface area contributed by atoms with Gasteiger partial charge in [-0.3, -0.25) is 9.59 Å². The topological polar surface area (TPSA) is 98.3 Å². The van der Waals surface area contributed by atoms with Crippen molar-refractivity contribution in [1.82, 2.24) is 10.7 Å². The Labute approximate surface area is 204 Å². The van der Waals surface area contributed by atoms with E-state index in [1.165, 1.54) is 78.9 Å². The maximum Gasteiger partial charge on any atom is 0.259 e. The van der Waals surface area contributed by atoms with Crippen molar-refractivity contribution in [3.05, 3.63) is 17.7 Å². The molecule has 1 rings (SSSR count). The van der Waals surface area contributed by atoms with Gasteiger partial charge in [0.15, 0.2) is 11.5 Å². The second kappa shape index (κ2) is 18.6. The summed E-state index contributed by atoms with van der Waals surface area (Å²) in [6.07, 6.45) is 15.5. The summed E-state index contributed by atoms with van der Waals surface area (Å²) >= 11 is 0. The van der Waals surface area contributed by atoms with Gasteiger partial charge in [0, 0.05) is 18.1 Å². The second-order valence-corrected chi connectivity index (χ2v) is 8.30. The lowest BCUT2D eigenvalue weighted by Gasteiger charge is -2.11. The van der Waals surface area contributed by atoms with E-state index in [1.54, 1.807) is 12.1 Å². The number of methoxy groups -OCH3 is 3. The first-order valence-corrected chi connectivity index (χ1v) is 12.4. The summed E-state index contributed by atoms with van der Waals surface area (Å²) in [5.74, 6) is 1.06. The zero-order valence-corrected chi connectivity index (χ0v) is 21.4. The predicted octanol–water partition coefficient (Wildman–Crippen LogP) is 4.98. The van der Waals surface area contributed by atoms with Gasteiger partial charge in [-0.1, -0.05) is 71.1 Å². The van der Waals surface area contributed by atoms with Gasteiger partial charge in [0.25, 0.3) is 5.91 Å². The molecule has 8 heteroatoms. The average molecular weight is 478 g/mol. The molecule has 0 heterocycles. The number of unbranched alkanes of at least 4 members (excludes halogenated alkanes) is 10. The second-order valence-electron chi connectivity index (χ2n) is 8.30. The van der Waals surface area contributed by atoms with Crippen LogP contribution in [-0.4, -0.2) is 45.9 Å². The molecule has 192 valence electrons. The summed E-state index contributed by atoms with van der Waals surface area (Å²) in [6, 6.07) is 3.37. The highest BCUT2D eigenvalue weighted by atomic mass is 16.5. The Hall–Kier alpha value is -2.77. The molecule has 0 saturated carbocycles. The third kappa shape index (κ3) is 12.5. The molecule has 2 amide bonds. The minimum atomic E-state index is -0.400. The minimum Gasteiger partial charge on any atom is -0.496 e. The monoisotopic (exact) mass is 477 g/mol. The molecule has 2 N–H and O–H groups in total. The van der Waals surface area contributed by atoms with Crippen molar-refractivity contribution in [2.75, 3.05) is 27.9 Å². The van der Waals surface area contributed by atoms with Crippen molar-refractivity contribution < 1.29 is 23.8 Å². The quantitative estimate of drug-likeness (QED) is 0.166. The Bertz CT molecular complexity index is 752. The molecule has 0 aliphatic carbocycles. The number of carbonyl (C=O) groups is 2. The number of hydrogen-bond donors (Lipinski definition) is 2. The van der Waals surface area contributed by atoms with E-state index in [4.69, 9.17) is 14.2 Å². The summed E-state index contributed by atoms with van der Waals surface area (Å²) in [6.45, 7) is 2.13. The van der Waals surface area contributed by atoms with E-state index in [0.717, 1.165) is 19.3 Å². The number of nitrogens with one attached hydrogen (secondary N) is 2. The highest BCUT2D eigenvalue weighted by Crippen LogP contribution is 2.33. The number of nitrogens with zero attached hydrogens (tertiary/aromatic N) is 1. The molecule has 0 saturated heterocycles. The van der Waals surface area contributed by atoms with Gasteiger partial charge < -0.3 is 19.5 Å². The molecule has 0 bridgehead atoms. The SMILES string of the molecule is CCCCCCCCCCCCCC(=O)NCC(=O)NN=Cc1cc(OC)c(OC)cc1OC. The number of ether oxygens (including phenoxy) is 3. The van der Waals surface area contributed by atoms with Crippen LogP contribution in [0.3, 0.4) is 0 Å². The molecular formula is C26H43N3O5. The summed E-state index contributed by atoms with van der Waals surface area (Å²) in [5.41, 5.74) is 3.02. The fraction of sp³-hybridized carbons (Fsp3) is 0.654. The average Bonchev–Trinajstić information content (AvgIpc) is 2.85. The number of rotatable bonds is 19. The van der Waals surface area contributed by atoms with E-state index in [0.29, 0.717) is 29.2 Å². The Balaban J connectivity index is 2.19. The van der Waals surface area contributed by atoms with Crippen LogP contribution < -0.4 is 25.0 Å². The lowest BCUT2D eigenvalue weighted by molar-refractivity contribution is -0.126. The zero-order chi connectivity index (χ0) is 25.0. The van der Waals surface area contributed by atoms with Gasteiger partial charge in [-0.25, -0.2) is 5.43 Å². The molecule has 0 aromatic heterocycles. The third-order valence-corrected chi connectivity index (χ3v) is 5.58. The van der Waals surface area contributed by atoms with Gasteiger partial charge in [-0.05, 0) is 12.5 Å². The van der Waals surface area contributed by atoms with E-state index < -0.39 is 5.91 Å². The Kier molecular flexibility index (Phi) is 16.0. The number of amides is 2. The summed E-state index contributed by atoms with van der Waals surface area (Å²) in [5, 5.41) is 6.57. The van der Waals surface area contributed by atoms with E-state index in [9.17, 15) is 9.59 Å². The first kappa shape index (κ1) is 29.3. The van der Waals surface area contributed by atoms with Crippen molar-refractivity contribution in [1.29, 1.82) is 0 Å². The lowest BCUT2D eigenvalue weighted by atomic mass is 10.1. The number of benzene rings is 1. The van der Waals surface area contributed by atoms with Crippen LogP contribution in [0.4, 0.5) is 0 Å². The summed E-state index contributed by atoms with van der Waals surface area (Å²) in [7, 11) is 4.60. The molecule has 34 heavy (non-hydrogen) atoms. The van der Waals surface area contributed by atoms with Crippen LogP contribution in [0.2, 0.25) is 0 Å². The first-order chi connectivity index (χ1) is 16.5. The predicted molar refractivity (Wildman–Crippen MR) is 136 cm³/mol. The largest absolute Gasteiger partial charge is 0.496 e. The van der Waals surface area contributed by atoms with Crippen LogP contribution in [0.5, 0.6) is 17.2 Å².